The molecule has 1 fully saturated rings. The molecule has 14 nitrogen and oxygen atoms in total. The third-order valence-electron chi connectivity index (χ3n) is 8.93. The summed E-state index contributed by atoms with van der Waals surface area (Å²) in [4.78, 5) is 91.3. The summed E-state index contributed by atoms with van der Waals surface area (Å²) in [6.07, 6.45) is 1.05. The molecule has 50 heavy (non-hydrogen) atoms. The van der Waals surface area contributed by atoms with Gasteiger partial charge in [-0.05, 0) is 91.6 Å². The number of Topliss-reactive ketones (excluding diaryl/α,β-unsaturated/α-hetero) is 2. The zero-order valence-electron chi connectivity index (χ0n) is 31.5. The minimum absolute atomic E-state index is 0.0254. The Bertz CT molecular complexity index is 1300. The molecular weight excluding hydrogens is 646 g/mol. The van der Waals surface area contributed by atoms with Gasteiger partial charge in [-0.25, -0.2) is 9.59 Å². The zero-order chi connectivity index (χ0) is 37.9. The molecule has 1 aliphatic heterocycles. The molecular formula is C36H59N5O9. The van der Waals surface area contributed by atoms with Crippen molar-refractivity contribution < 1.29 is 43.0 Å². The van der Waals surface area contributed by atoms with Crippen LogP contribution in [-0.4, -0.2) is 95.8 Å². The number of nitrogens with one attached hydrogen (secondary N) is 4. The number of hydrogen-bond donors (Lipinski definition) is 4. The van der Waals surface area contributed by atoms with Crippen molar-refractivity contribution in [1.29, 1.82) is 0 Å². The van der Waals surface area contributed by atoms with E-state index in [1.54, 1.807) is 69.2 Å². The van der Waals surface area contributed by atoms with Crippen LogP contribution in [0.4, 0.5) is 9.59 Å². The van der Waals surface area contributed by atoms with E-state index in [2.05, 4.69) is 21.3 Å². The van der Waals surface area contributed by atoms with Crippen molar-refractivity contribution in [2.24, 2.45) is 17.8 Å². The van der Waals surface area contributed by atoms with Gasteiger partial charge in [-0.1, -0.05) is 27.7 Å². The minimum Gasteiger partial charge on any atom is -0.450 e. The lowest BCUT2D eigenvalue weighted by Gasteiger charge is -2.30. The summed E-state index contributed by atoms with van der Waals surface area (Å²) >= 11 is 0. The molecule has 1 heterocycles. The monoisotopic (exact) mass is 705 g/mol. The van der Waals surface area contributed by atoms with E-state index in [1.165, 1.54) is 4.90 Å². The molecule has 2 aliphatic rings. The van der Waals surface area contributed by atoms with Crippen LogP contribution in [0, 0.1) is 17.8 Å². The fourth-order valence-electron chi connectivity index (χ4n) is 5.95. The molecule has 2 unspecified atom stereocenters. The lowest BCUT2D eigenvalue weighted by Crippen LogP contribution is -2.58. The SMILES string of the molecule is CC1=C(CCCOC(=O)NCCC[C@H](NC(=O)[C@@H](NC(=O)[C@@H]2CCCN2C(=O)OC(C)(C)C)C(C)C)C(=O)NC(C)C)C(=O)C(C)C(C)C1=O. The van der Waals surface area contributed by atoms with E-state index in [1.807, 2.05) is 0 Å². The number of rotatable bonds is 15. The summed E-state index contributed by atoms with van der Waals surface area (Å²) in [5.74, 6) is -2.52. The maximum Gasteiger partial charge on any atom is 0.410 e. The summed E-state index contributed by atoms with van der Waals surface area (Å²) < 4.78 is 10.7. The van der Waals surface area contributed by atoms with Crippen molar-refractivity contribution >= 4 is 41.5 Å². The Kier molecular flexibility index (Phi) is 15.9. The average molecular weight is 706 g/mol. The number of allylic oxidation sites excluding steroid dienone is 2. The number of alkyl carbamates (subject to hydrolysis) is 1. The Labute approximate surface area is 296 Å². The van der Waals surface area contributed by atoms with Gasteiger partial charge in [0.1, 0.15) is 23.7 Å². The van der Waals surface area contributed by atoms with E-state index in [-0.39, 0.29) is 54.9 Å². The summed E-state index contributed by atoms with van der Waals surface area (Å²) in [7, 11) is 0. The molecule has 14 heteroatoms. The van der Waals surface area contributed by atoms with E-state index in [4.69, 9.17) is 9.47 Å². The van der Waals surface area contributed by atoms with Gasteiger partial charge < -0.3 is 30.7 Å². The van der Waals surface area contributed by atoms with Gasteiger partial charge in [0.25, 0.3) is 0 Å². The van der Waals surface area contributed by atoms with E-state index in [9.17, 15) is 33.6 Å². The molecule has 282 valence electrons. The van der Waals surface area contributed by atoms with Crippen LogP contribution in [0.3, 0.4) is 0 Å². The standard InChI is InChI=1S/C36H59N5O9/c1-20(2)28(40-32(45)27-16-12-18-41(27)35(48)50-36(8,9)10)33(46)39-26(31(44)38-21(3)4)15-11-17-37-34(47)49-19-13-14-25-24(7)29(42)22(5)23(6)30(25)43/h20-23,26-28H,11-19H2,1-10H3,(H,37,47)(H,38,44)(H,39,46)(H,40,45)/t22?,23?,26-,27-,28-/m0/s1. The van der Waals surface area contributed by atoms with Gasteiger partial charge in [0.15, 0.2) is 11.6 Å². The van der Waals surface area contributed by atoms with Crippen LogP contribution >= 0.6 is 0 Å². The van der Waals surface area contributed by atoms with Gasteiger partial charge in [-0.3, -0.25) is 28.9 Å². The highest BCUT2D eigenvalue weighted by Crippen LogP contribution is 2.30. The highest BCUT2D eigenvalue weighted by atomic mass is 16.6. The Morgan fingerprint density at radius 3 is 2.14 bits per heavy atom. The molecule has 0 aromatic carbocycles. The highest BCUT2D eigenvalue weighted by molar-refractivity contribution is 6.13. The van der Waals surface area contributed by atoms with Gasteiger partial charge >= 0.3 is 12.2 Å². The second kappa shape index (κ2) is 18.9. The Morgan fingerprint density at radius 2 is 1.54 bits per heavy atom. The molecule has 1 saturated heterocycles. The van der Waals surface area contributed by atoms with Crippen LogP contribution < -0.4 is 21.3 Å². The predicted octanol–water partition coefficient (Wildman–Crippen LogP) is 3.56. The molecule has 0 bridgehead atoms. The predicted molar refractivity (Wildman–Crippen MR) is 187 cm³/mol. The first-order chi connectivity index (χ1) is 23.2. The molecule has 0 aromatic rings. The normalized spacial score (nSPS) is 20.8. The summed E-state index contributed by atoms with van der Waals surface area (Å²) in [6, 6.07) is -2.88. The first-order valence-corrected chi connectivity index (χ1v) is 17.8. The first-order valence-electron chi connectivity index (χ1n) is 17.8. The summed E-state index contributed by atoms with van der Waals surface area (Å²) in [6.45, 7) is 18.2. The van der Waals surface area contributed by atoms with Crippen molar-refractivity contribution in [3.63, 3.8) is 0 Å². The van der Waals surface area contributed by atoms with Crippen LogP contribution in [-0.2, 0) is 33.4 Å². The van der Waals surface area contributed by atoms with Gasteiger partial charge in [0.05, 0.1) is 6.61 Å². The van der Waals surface area contributed by atoms with Crippen LogP contribution in [0.5, 0.6) is 0 Å². The van der Waals surface area contributed by atoms with Crippen molar-refractivity contribution in [2.45, 2.75) is 138 Å². The number of ether oxygens (including phenoxy) is 2. The number of carbonyl (C=O) groups is 7. The van der Waals surface area contributed by atoms with Crippen LogP contribution in [0.2, 0.25) is 0 Å². The van der Waals surface area contributed by atoms with Crippen LogP contribution in [0.15, 0.2) is 11.1 Å². The van der Waals surface area contributed by atoms with Crippen molar-refractivity contribution in [2.75, 3.05) is 19.7 Å². The zero-order valence-corrected chi connectivity index (χ0v) is 31.5. The topological polar surface area (TPSA) is 189 Å². The fraction of sp³-hybridized carbons (Fsp3) is 0.750. The lowest BCUT2D eigenvalue weighted by molar-refractivity contribution is -0.134. The largest absolute Gasteiger partial charge is 0.450 e. The number of hydrogen-bond acceptors (Lipinski definition) is 9. The maximum absolute atomic E-state index is 13.5. The molecule has 2 rings (SSSR count). The fourth-order valence-corrected chi connectivity index (χ4v) is 5.95. The molecule has 1 aliphatic carbocycles. The molecule has 4 N–H and O–H groups in total. The third-order valence-corrected chi connectivity index (χ3v) is 8.93. The molecule has 0 aromatic heterocycles. The summed E-state index contributed by atoms with van der Waals surface area (Å²) in [5.41, 5.74) is 0.255. The van der Waals surface area contributed by atoms with E-state index in [0.29, 0.717) is 49.8 Å². The van der Waals surface area contributed by atoms with E-state index in [0.717, 1.165) is 0 Å². The van der Waals surface area contributed by atoms with Gasteiger partial charge in [-0.15, -0.1) is 0 Å². The number of ketones is 2. The number of nitrogens with zero attached hydrogens (tertiary/aromatic N) is 1. The van der Waals surface area contributed by atoms with Crippen molar-refractivity contribution in [3.8, 4) is 0 Å². The van der Waals surface area contributed by atoms with Crippen molar-refractivity contribution in [1.82, 2.24) is 26.2 Å². The first kappa shape index (κ1) is 42.2. The van der Waals surface area contributed by atoms with Gasteiger partial charge in [-0.2, -0.15) is 0 Å². The number of carbonyl (C=O) groups excluding carboxylic acids is 7. The Hall–Kier alpha value is -3.97. The van der Waals surface area contributed by atoms with Gasteiger partial charge in [0.2, 0.25) is 17.7 Å². The minimum atomic E-state index is -0.973. The third kappa shape index (κ3) is 12.4. The lowest BCUT2D eigenvalue weighted by atomic mass is 9.75. The van der Waals surface area contributed by atoms with E-state index >= 15 is 0 Å². The summed E-state index contributed by atoms with van der Waals surface area (Å²) in [5, 5.41) is 11.0. The van der Waals surface area contributed by atoms with Gasteiger partial charge in [0, 0.05) is 36.5 Å². The molecule has 5 amide bonds. The van der Waals surface area contributed by atoms with Crippen LogP contribution in [0.1, 0.15) is 108 Å². The Morgan fingerprint density at radius 1 is 0.900 bits per heavy atom. The molecule has 0 saturated carbocycles. The smallest absolute Gasteiger partial charge is 0.410 e. The molecule has 0 radical (unpaired) electrons. The van der Waals surface area contributed by atoms with Crippen molar-refractivity contribution in [3.05, 3.63) is 11.1 Å². The molecule has 0 spiro atoms. The highest BCUT2D eigenvalue weighted by Gasteiger charge is 2.39. The number of amides is 5. The Balaban J connectivity index is 1.92. The molecule has 5 atom stereocenters. The average Bonchev–Trinajstić information content (AvgIpc) is 3.52. The van der Waals surface area contributed by atoms with Crippen LogP contribution in [0.25, 0.3) is 0 Å². The number of likely N-dealkylation sites (tertiary alicyclic amines) is 1. The maximum atomic E-state index is 13.5. The second-order valence-corrected chi connectivity index (χ2v) is 15.0. The second-order valence-electron chi connectivity index (χ2n) is 15.0. The van der Waals surface area contributed by atoms with E-state index < -0.39 is 53.6 Å². The quantitative estimate of drug-likeness (QED) is 0.185.